The molecule has 0 bridgehead atoms. The van der Waals surface area contributed by atoms with Crippen LogP contribution in [0.1, 0.15) is 30.9 Å². The Balaban J connectivity index is 1.39. The molecule has 0 saturated heterocycles. The lowest BCUT2D eigenvalue weighted by Gasteiger charge is -2.15. The Labute approximate surface area is 199 Å². The Bertz CT molecular complexity index is 1270. The van der Waals surface area contributed by atoms with Crippen LogP contribution < -0.4 is 20.7 Å². The smallest absolute Gasteiger partial charge is 0.323 e. The minimum Gasteiger partial charge on any atom is -0.457 e. The highest BCUT2D eigenvalue weighted by Gasteiger charge is 2.30. The van der Waals surface area contributed by atoms with E-state index in [4.69, 9.17) is 4.74 Å². The first kappa shape index (κ1) is 24.1. The van der Waals surface area contributed by atoms with Crippen molar-refractivity contribution < 1.29 is 27.5 Å². The number of aromatic nitrogens is 1. The van der Waals surface area contributed by atoms with E-state index in [1.165, 1.54) is 6.20 Å². The van der Waals surface area contributed by atoms with Gasteiger partial charge in [0.05, 0.1) is 0 Å². The second-order valence-corrected chi connectivity index (χ2v) is 8.42. The van der Waals surface area contributed by atoms with E-state index in [1.54, 1.807) is 37.3 Å². The highest BCUT2D eigenvalue weighted by molar-refractivity contribution is 6.00. The number of urea groups is 1. The van der Waals surface area contributed by atoms with Gasteiger partial charge in [-0.3, -0.25) is 4.79 Å². The number of rotatable bonds is 7. The number of carbonyl (C=O) groups excluding carboxylic acids is 2. The molecule has 35 heavy (non-hydrogen) atoms. The second kappa shape index (κ2) is 9.65. The Kier molecular flexibility index (Phi) is 6.63. The summed E-state index contributed by atoms with van der Waals surface area (Å²) in [4.78, 5) is 28.4. The van der Waals surface area contributed by atoms with Gasteiger partial charge >= 0.3 is 6.03 Å². The number of nitrogens with zero attached hydrogens (tertiary/aromatic N) is 1. The second-order valence-electron chi connectivity index (χ2n) is 8.42. The average Bonchev–Trinajstić information content (AvgIpc) is 3.60. The summed E-state index contributed by atoms with van der Waals surface area (Å²) < 4.78 is 46.6. The number of hydrogen-bond acceptors (Lipinski definition) is 4. The van der Waals surface area contributed by atoms with E-state index in [0.29, 0.717) is 35.5 Å². The molecule has 0 atom stereocenters. The van der Waals surface area contributed by atoms with Gasteiger partial charge in [0.2, 0.25) is 5.91 Å². The molecule has 1 aromatic heterocycles. The van der Waals surface area contributed by atoms with Gasteiger partial charge in [0.15, 0.2) is 0 Å². The predicted molar refractivity (Wildman–Crippen MR) is 125 cm³/mol. The maximum atomic E-state index is 13.7. The summed E-state index contributed by atoms with van der Waals surface area (Å²) in [5.74, 6) is -2.79. The fourth-order valence-electron chi connectivity index (χ4n) is 3.29. The molecule has 1 fully saturated rings. The number of benzene rings is 2. The molecule has 1 saturated carbocycles. The van der Waals surface area contributed by atoms with Gasteiger partial charge in [0.1, 0.15) is 23.1 Å². The molecule has 3 N–H and O–H groups in total. The Hall–Kier alpha value is -4.08. The number of nitrogens with one attached hydrogen (secondary N) is 3. The molecule has 0 spiro atoms. The zero-order chi connectivity index (χ0) is 25.2. The van der Waals surface area contributed by atoms with Crippen molar-refractivity contribution >= 4 is 29.1 Å². The minimum absolute atomic E-state index is 0.0526. The quantitative estimate of drug-likeness (QED) is 0.361. The van der Waals surface area contributed by atoms with Crippen molar-refractivity contribution in [3.63, 3.8) is 0 Å². The van der Waals surface area contributed by atoms with Crippen molar-refractivity contribution in [2.45, 2.75) is 32.6 Å². The summed E-state index contributed by atoms with van der Waals surface area (Å²) in [6.45, 7) is 2.39. The fourth-order valence-corrected chi connectivity index (χ4v) is 3.29. The van der Waals surface area contributed by atoms with Crippen LogP contribution in [0.2, 0.25) is 0 Å². The molecule has 7 nitrogen and oxygen atoms in total. The molecule has 2 aromatic carbocycles. The summed E-state index contributed by atoms with van der Waals surface area (Å²) >= 11 is 0. The molecule has 0 radical (unpaired) electrons. The van der Waals surface area contributed by atoms with Crippen molar-refractivity contribution in [2.75, 3.05) is 16.0 Å². The van der Waals surface area contributed by atoms with Gasteiger partial charge in [-0.15, -0.1) is 0 Å². The average molecular weight is 484 g/mol. The van der Waals surface area contributed by atoms with Crippen LogP contribution in [-0.4, -0.2) is 16.9 Å². The summed E-state index contributed by atoms with van der Waals surface area (Å²) in [7, 11) is 0. The molecule has 4 rings (SSSR count). The zero-order valence-corrected chi connectivity index (χ0v) is 19.0. The largest absolute Gasteiger partial charge is 0.457 e. The third-order valence-corrected chi connectivity index (χ3v) is 5.28. The number of alkyl halides is 2. The normalized spacial score (nSPS) is 13.2. The van der Waals surface area contributed by atoms with Crippen LogP contribution in [-0.2, 0) is 10.7 Å². The molecule has 182 valence electrons. The molecule has 3 amide bonds. The SMILES string of the molecule is Cc1cc(Oc2ccnc(NC(=O)C3CC3)c2)ccc1NC(=O)Nc1cc(F)cc(C(C)(F)F)c1. The van der Waals surface area contributed by atoms with Gasteiger partial charge in [0.25, 0.3) is 5.92 Å². The van der Waals surface area contributed by atoms with Crippen LogP contribution in [0.5, 0.6) is 11.5 Å². The molecule has 1 aliphatic rings. The number of halogens is 3. The van der Waals surface area contributed by atoms with Crippen molar-refractivity contribution in [3.05, 3.63) is 71.7 Å². The summed E-state index contributed by atoms with van der Waals surface area (Å²) in [6.07, 6.45) is 3.30. The summed E-state index contributed by atoms with van der Waals surface area (Å²) in [6, 6.07) is 10.2. The number of carbonyl (C=O) groups is 2. The molecular weight excluding hydrogens is 461 g/mol. The highest BCUT2D eigenvalue weighted by Crippen LogP contribution is 2.32. The third kappa shape index (κ3) is 6.50. The van der Waals surface area contributed by atoms with Gasteiger partial charge in [-0.05, 0) is 67.8 Å². The van der Waals surface area contributed by atoms with E-state index in [1.807, 2.05) is 0 Å². The van der Waals surface area contributed by atoms with Crippen molar-refractivity contribution in [3.8, 4) is 11.5 Å². The number of pyridine rings is 1. The molecule has 1 aliphatic carbocycles. The van der Waals surface area contributed by atoms with Crippen molar-refractivity contribution in [1.29, 1.82) is 0 Å². The molecule has 10 heteroatoms. The van der Waals surface area contributed by atoms with Gasteiger partial charge < -0.3 is 20.7 Å². The van der Waals surface area contributed by atoms with Gasteiger partial charge in [-0.25, -0.2) is 22.9 Å². The number of amides is 3. The Morgan fingerprint density at radius 3 is 2.43 bits per heavy atom. The first-order valence-electron chi connectivity index (χ1n) is 10.9. The van der Waals surface area contributed by atoms with E-state index in [-0.39, 0.29) is 17.5 Å². The third-order valence-electron chi connectivity index (χ3n) is 5.28. The minimum atomic E-state index is -3.25. The van der Waals surface area contributed by atoms with Gasteiger partial charge in [-0.1, -0.05) is 0 Å². The Morgan fingerprint density at radius 1 is 1.00 bits per heavy atom. The first-order chi connectivity index (χ1) is 16.6. The Morgan fingerprint density at radius 2 is 1.74 bits per heavy atom. The van der Waals surface area contributed by atoms with Crippen LogP contribution in [0.25, 0.3) is 0 Å². The fraction of sp³-hybridized carbons (Fsp3) is 0.240. The summed E-state index contributed by atoms with van der Waals surface area (Å²) in [5.41, 5.74) is 0.462. The maximum Gasteiger partial charge on any atom is 0.323 e. The van der Waals surface area contributed by atoms with Crippen molar-refractivity contribution in [2.24, 2.45) is 5.92 Å². The lowest BCUT2D eigenvalue weighted by atomic mass is 10.1. The van der Waals surface area contributed by atoms with Crippen LogP contribution in [0, 0.1) is 18.7 Å². The van der Waals surface area contributed by atoms with E-state index in [2.05, 4.69) is 20.9 Å². The summed E-state index contributed by atoms with van der Waals surface area (Å²) in [5, 5.41) is 7.72. The molecule has 0 unspecified atom stereocenters. The van der Waals surface area contributed by atoms with Crippen LogP contribution in [0.3, 0.4) is 0 Å². The molecular formula is C25H23F3N4O3. The molecule has 1 heterocycles. The predicted octanol–water partition coefficient (Wildman–Crippen LogP) is 6.43. The lowest BCUT2D eigenvalue weighted by Crippen LogP contribution is -2.20. The van der Waals surface area contributed by atoms with Crippen LogP contribution >= 0.6 is 0 Å². The van der Waals surface area contributed by atoms with Crippen molar-refractivity contribution in [1.82, 2.24) is 4.98 Å². The monoisotopic (exact) mass is 484 g/mol. The number of ether oxygens (including phenoxy) is 1. The first-order valence-corrected chi connectivity index (χ1v) is 10.9. The van der Waals surface area contributed by atoms with E-state index < -0.39 is 23.3 Å². The topological polar surface area (TPSA) is 92.3 Å². The number of aryl methyl sites for hydroxylation is 1. The number of anilines is 3. The molecule has 0 aliphatic heterocycles. The van der Waals surface area contributed by atoms with Gasteiger partial charge in [0, 0.05) is 42.0 Å². The van der Waals surface area contributed by atoms with Crippen LogP contribution in [0.4, 0.5) is 35.2 Å². The van der Waals surface area contributed by atoms with Crippen LogP contribution in [0.15, 0.2) is 54.7 Å². The van der Waals surface area contributed by atoms with E-state index >= 15 is 0 Å². The molecule has 3 aromatic rings. The van der Waals surface area contributed by atoms with Gasteiger partial charge in [-0.2, -0.15) is 0 Å². The van der Waals surface area contributed by atoms with E-state index in [9.17, 15) is 22.8 Å². The maximum absolute atomic E-state index is 13.7. The highest BCUT2D eigenvalue weighted by atomic mass is 19.3. The van der Waals surface area contributed by atoms with E-state index in [0.717, 1.165) is 31.0 Å². The standard InChI is InChI=1S/C25H23F3N4O3/c1-14-9-19(35-20-7-8-29-22(13-20)32-23(33)15-3-4-15)5-6-21(14)31-24(34)30-18-11-16(25(2,27)28)10-17(26)12-18/h5-13,15H,3-4H2,1-2H3,(H,29,32,33)(H2,30,31,34). The lowest BCUT2D eigenvalue weighted by molar-refractivity contribution is -0.117. The number of hydrogen-bond donors (Lipinski definition) is 3. The zero-order valence-electron chi connectivity index (χ0n) is 19.0.